The van der Waals surface area contributed by atoms with Crippen LogP contribution in [0.15, 0.2) is 48.5 Å². The number of hydrogen-bond acceptors (Lipinski definition) is 2. The van der Waals surface area contributed by atoms with Crippen LogP contribution in [0, 0.1) is 17.6 Å². The minimum absolute atomic E-state index is 0.0705. The molecule has 26 heavy (non-hydrogen) atoms. The Morgan fingerprint density at radius 1 is 0.962 bits per heavy atom. The molecule has 5 heteroatoms. The first-order chi connectivity index (χ1) is 12.6. The Hall–Kier alpha value is -2.27. The van der Waals surface area contributed by atoms with Crippen LogP contribution in [0.1, 0.15) is 28.8 Å². The van der Waals surface area contributed by atoms with Crippen LogP contribution in [0.3, 0.4) is 0 Å². The lowest BCUT2D eigenvalue weighted by Crippen LogP contribution is -2.43. The Kier molecular flexibility index (Phi) is 4.72. The van der Waals surface area contributed by atoms with E-state index in [9.17, 15) is 13.6 Å². The predicted molar refractivity (Wildman–Crippen MR) is 95.6 cm³/mol. The molecule has 3 nitrogen and oxygen atoms in total. The summed E-state index contributed by atoms with van der Waals surface area (Å²) < 4.78 is 27.0. The van der Waals surface area contributed by atoms with Gasteiger partial charge in [-0.05, 0) is 48.6 Å². The molecule has 0 unspecified atom stereocenters. The molecule has 2 aromatic rings. The molecular formula is C21H22F2N2O. The number of amides is 1. The zero-order valence-electron chi connectivity index (χ0n) is 14.6. The fraction of sp³-hybridized carbons (Fsp3) is 0.381. The molecule has 2 bridgehead atoms. The molecular weight excluding hydrogens is 334 g/mol. The SMILES string of the molecule is O=C(c1ccccc1)N1C[C@@H]2CC[C@H](C1)N(Cc1cc(F)cc(F)c1)C2. The highest BCUT2D eigenvalue weighted by Gasteiger charge is 2.36. The second-order valence-corrected chi connectivity index (χ2v) is 7.38. The molecule has 3 aliphatic rings. The zero-order chi connectivity index (χ0) is 18.1. The molecule has 0 radical (unpaired) electrons. The molecule has 3 heterocycles. The summed E-state index contributed by atoms with van der Waals surface area (Å²) in [5.74, 6) is -0.609. The van der Waals surface area contributed by atoms with Gasteiger partial charge in [0.05, 0.1) is 0 Å². The van der Waals surface area contributed by atoms with Crippen LogP contribution in [0.4, 0.5) is 8.78 Å². The first-order valence-electron chi connectivity index (χ1n) is 9.12. The summed E-state index contributed by atoms with van der Waals surface area (Å²) in [7, 11) is 0. The molecule has 0 N–H and O–H groups in total. The minimum atomic E-state index is -0.541. The van der Waals surface area contributed by atoms with Gasteiger partial charge < -0.3 is 4.90 Å². The van der Waals surface area contributed by atoms with E-state index in [0.29, 0.717) is 30.1 Å². The van der Waals surface area contributed by atoms with E-state index in [1.165, 1.54) is 12.1 Å². The van der Waals surface area contributed by atoms with Crippen molar-refractivity contribution in [3.05, 3.63) is 71.3 Å². The maximum absolute atomic E-state index is 13.5. The van der Waals surface area contributed by atoms with Gasteiger partial charge in [0.15, 0.2) is 0 Å². The van der Waals surface area contributed by atoms with Gasteiger partial charge in [0.2, 0.25) is 0 Å². The van der Waals surface area contributed by atoms with Crippen molar-refractivity contribution in [1.29, 1.82) is 0 Å². The van der Waals surface area contributed by atoms with Gasteiger partial charge in [-0.25, -0.2) is 8.78 Å². The molecule has 2 atom stereocenters. The van der Waals surface area contributed by atoms with Crippen molar-refractivity contribution in [1.82, 2.24) is 9.80 Å². The molecule has 3 saturated heterocycles. The van der Waals surface area contributed by atoms with Gasteiger partial charge in [-0.3, -0.25) is 9.69 Å². The lowest BCUT2D eigenvalue weighted by molar-refractivity contribution is 0.0736. The fourth-order valence-corrected chi connectivity index (χ4v) is 4.24. The maximum Gasteiger partial charge on any atom is 0.253 e. The fourth-order valence-electron chi connectivity index (χ4n) is 4.24. The molecule has 136 valence electrons. The number of benzene rings is 2. The van der Waals surface area contributed by atoms with Crippen LogP contribution in [0.5, 0.6) is 0 Å². The normalized spacial score (nSPS) is 23.1. The number of nitrogens with zero attached hydrogens (tertiary/aromatic N) is 2. The molecule has 0 saturated carbocycles. The van der Waals surface area contributed by atoms with Gasteiger partial charge in [-0.2, -0.15) is 0 Å². The van der Waals surface area contributed by atoms with E-state index in [4.69, 9.17) is 0 Å². The Balaban J connectivity index is 1.50. The summed E-state index contributed by atoms with van der Waals surface area (Å²) in [4.78, 5) is 17.1. The summed E-state index contributed by atoms with van der Waals surface area (Å²) in [6, 6.07) is 13.3. The average Bonchev–Trinajstić information content (AvgIpc) is 2.93. The van der Waals surface area contributed by atoms with Crippen LogP contribution >= 0.6 is 0 Å². The highest BCUT2D eigenvalue weighted by Crippen LogP contribution is 2.30. The van der Waals surface area contributed by atoms with E-state index in [2.05, 4.69) is 4.90 Å². The summed E-state index contributed by atoms with van der Waals surface area (Å²) >= 11 is 0. The Bertz CT molecular complexity index is 776. The predicted octanol–water partition coefficient (Wildman–Crippen LogP) is 3.70. The van der Waals surface area contributed by atoms with Crippen molar-refractivity contribution in [3.8, 4) is 0 Å². The topological polar surface area (TPSA) is 23.6 Å². The van der Waals surface area contributed by atoms with E-state index in [0.717, 1.165) is 32.0 Å². The number of carbonyl (C=O) groups is 1. The van der Waals surface area contributed by atoms with Gasteiger partial charge in [0.25, 0.3) is 5.91 Å². The van der Waals surface area contributed by atoms with E-state index in [1.54, 1.807) is 0 Å². The maximum atomic E-state index is 13.5. The largest absolute Gasteiger partial charge is 0.337 e. The van der Waals surface area contributed by atoms with E-state index < -0.39 is 11.6 Å². The molecule has 0 aliphatic carbocycles. The van der Waals surface area contributed by atoms with Gasteiger partial charge in [0.1, 0.15) is 11.6 Å². The van der Waals surface area contributed by atoms with Crippen molar-refractivity contribution in [2.24, 2.45) is 5.92 Å². The monoisotopic (exact) mass is 356 g/mol. The van der Waals surface area contributed by atoms with Crippen LogP contribution in [0.2, 0.25) is 0 Å². The van der Waals surface area contributed by atoms with E-state index in [1.807, 2.05) is 35.2 Å². The van der Waals surface area contributed by atoms with E-state index in [-0.39, 0.29) is 11.9 Å². The quantitative estimate of drug-likeness (QED) is 0.837. The third kappa shape index (κ3) is 3.63. The second kappa shape index (κ2) is 7.16. The molecule has 2 aromatic carbocycles. The highest BCUT2D eigenvalue weighted by molar-refractivity contribution is 5.94. The van der Waals surface area contributed by atoms with Crippen molar-refractivity contribution < 1.29 is 13.6 Å². The van der Waals surface area contributed by atoms with Gasteiger partial charge in [-0.15, -0.1) is 0 Å². The van der Waals surface area contributed by atoms with Crippen LogP contribution in [0.25, 0.3) is 0 Å². The van der Waals surface area contributed by atoms with Crippen molar-refractivity contribution in [2.45, 2.75) is 25.4 Å². The summed E-state index contributed by atoms with van der Waals surface area (Å²) in [6.07, 6.45) is 2.11. The van der Waals surface area contributed by atoms with Crippen molar-refractivity contribution in [2.75, 3.05) is 19.6 Å². The number of rotatable bonds is 3. The summed E-state index contributed by atoms with van der Waals surface area (Å²) in [5, 5.41) is 0. The Morgan fingerprint density at radius 3 is 2.42 bits per heavy atom. The van der Waals surface area contributed by atoms with Crippen molar-refractivity contribution >= 4 is 5.91 Å². The standard InChI is InChI=1S/C21H22F2N2O/c22-18-8-16(9-19(23)10-18)13-24-11-15-6-7-20(24)14-25(12-15)21(26)17-4-2-1-3-5-17/h1-5,8-10,15,20H,6-7,11-14H2/t15-,20-/m1/s1. The number of carbonyl (C=O) groups excluding carboxylic acids is 1. The molecule has 0 aromatic heterocycles. The second-order valence-electron chi connectivity index (χ2n) is 7.38. The Labute approximate surface area is 152 Å². The third-order valence-corrected chi connectivity index (χ3v) is 5.44. The zero-order valence-corrected chi connectivity index (χ0v) is 14.6. The van der Waals surface area contributed by atoms with E-state index >= 15 is 0 Å². The van der Waals surface area contributed by atoms with Gasteiger partial charge in [-0.1, -0.05) is 18.2 Å². The van der Waals surface area contributed by atoms with Crippen LogP contribution in [-0.4, -0.2) is 41.4 Å². The third-order valence-electron chi connectivity index (χ3n) is 5.44. The van der Waals surface area contributed by atoms with Crippen molar-refractivity contribution in [3.63, 3.8) is 0 Å². The molecule has 5 rings (SSSR count). The molecule has 3 fully saturated rings. The summed E-state index contributed by atoms with van der Waals surface area (Å²) in [6.45, 7) is 2.80. The molecule has 3 aliphatic heterocycles. The lowest BCUT2D eigenvalue weighted by Gasteiger charge is -2.36. The summed E-state index contributed by atoms with van der Waals surface area (Å²) in [5.41, 5.74) is 1.36. The van der Waals surface area contributed by atoms with Crippen LogP contribution in [-0.2, 0) is 6.54 Å². The average molecular weight is 356 g/mol. The smallest absolute Gasteiger partial charge is 0.253 e. The van der Waals surface area contributed by atoms with Gasteiger partial charge in [0, 0.05) is 43.9 Å². The molecule has 1 amide bonds. The highest BCUT2D eigenvalue weighted by atomic mass is 19.1. The number of fused-ring (bicyclic) bond motifs is 4. The Morgan fingerprint density at radius 2 is 1.69 bits per heavy atom. The van der Waals surface area contributed by atoms with Gasteiger partial charge >= 0.3 is 0 Å². The number of hydrogen-bond donors (Lipinski definition) is 0. The number of piperidine rings is 1. The molecule has 0 spiro atoms. The number of halogens is 2. The van der Waals surface area contributed by atoms with Crippen LogP contribution < -0.4 is 0 Å². The lowest BCUT2D eigenvalue weighted by atomic mass is 9.94. The minimum Gasteiger partial charge on any atom is -0.337 e. The first-order valence-corrected chi connectivity index (χ1v) is 9.12. The first kappa shape index (κ1) is 17.2.